The van der Waals surface area contributed by atoms with Crippen LogP contribution in [0.25, 0.3) is 0 Å². The molecular weight excluding hydrogens is 451 g/mol. The lowest BCUT2D eigenvalue weighted by atomic mass is 10.1. The van der Waals surface area contributed by atoms with Crippen LogP contribution in [-0.4, -0.2) is 49.0 Å². The van der Waals surface area contributed by atoms with Crippen LogP contribution in [0.15, 0.2) is 77.8 Å². The number of hydrogen-bond acceptors (Lipinski definition) is 4. The molecule has 1 saturated heterocycles. The maximum Gasteiger partial charge on any atom is 0.259 e. The fraction of sp³-hybridized carbons (Fsp3) is 0.259. The molecule has 0 N–H and O–H groups in total. The lowest BCUT2D eigenvalue weighted by molar-refractivity contribution is -0.118. The van der Waals surface area contributed by atoms with Crippen molar-refractivity contribution >= 4 is 34.8 Å². The molecule has 3 aromatic rings. The number of aliphatic imine (C=N–C) groups is 1. The number of amides is 1. The first-order valence-corrected chi connectivity index (χ1v) is 11.8. The van der Waals surface area contributed by atoms with Crippen molar-refractivity contribution in [2.24, 2.45) is 4.99 Å². The normalized spacial score (nSPS) is 18.4. The zero-order valence-corrected chi connectivity index (χ0v) is 19.8. The predicted molar refractivity (Wildman–Crippen MR) is 135 cm³/mol. The first-order chi connectivity index (χ1) is 16.5. The number of carbonyl (C=O) groups excluding carboxylic acids is 1. The standard InChI is InChI=1S/C27H26ClFN4O/c1-19-17-21(28)7-12-25(19)33-26(34)24(18-20-5-3-2-4-6-20)30-27(33)32-15-13-31(14-16-32)23-10-8-22(29)9-11-23/h2-12,17,24H,13-16,18H2,1H3. The smallest absolute Gasteiger partial charge is 0.259 e. The lowest BCUT2D eigenvalue weighted by Crippen LogP contribution is -2.53. The van der Waals surface area contributed by atoms with E-state index in [0.29, 0.717) is 30.5 Å². The van der Waals surface area contributed by atoms with Gasteiger partial charge in [-0.15, -0.1) is 0 Å². The fourth-order valence-electron chi connectivity index (χ4n) is 4.61. The van der Waals surface area contributed by atoms with Gasteiger partial charge in [-0.1, -0.05) is 41.9 Å². The Balaban J connectivity index is 1.41. The Labute approximate surface area is 204 Å². The van der Waals surface area contributed by atoms with Crippen LogP contribution in [0.2, 0.25) is 5.02 Å². The highest BCUT2D eigenvalue weighted by molar-refractivity contribution is 6.31. The topological polar surface area (TPSA) is 39.2 Å². The number of piperazine rings is 1. The minimum Gasteiger partial charge on any atom is -0.368 e. The number of anilines is 2. The number of guanidine groups is 1. The minimum atomic E-state index is -0.470. The van der Waals surface area contributed by atoms with Gasteiger partial charge in [-0.25, -0.2) is 14.3 Å². The molecule has 2 aliphatic rings. The molecule has 5 nitrogen and oxygen atoms in total. The van der Waals surface area contributed by atoms with E-state index >= 15 is 0 Å². The van der Waals surface area contributed by atoms with Gasteiger partial charge in [0.2, 0.25) is 5.96 Å². The van der Waals surface area contributed by atoms with Crippen LogP contribution >= 0.6 is 11.6 Å². The van der Waals surface area contributed by atoms with Gasteiger partial charge in [-0.3, -0.25) is 4.79 Å². The molecule has 7 heteroatoms. The molecule has 1 atom stereocenters. The Hall–Kier alpha value is -3.38. The van der Waals surface area contributed by atoms with Crippen LogP contribution in [0.4, 0.5) is 15.8 Å². The molecule has 0 saturated carbocycles. The third kappa shape index (κ3) is 4.50. The minimum absolute atomic E-state index is 0.0229. The molecule has 0 aliphatic carbocycles. The molecule has 1 amide bonds. The maximum absolute atomic E-state index is 13.6. The quantitative estimate of drug-likeness (QED) is 0.536. The zero-order valence-electron chi connectivity index (χ0n) is 19.0. The average Bonchev–Trinajstić information content (AvgIpc) is 3.16. The largest absolute Gasteiger partial charge is 0.368 e. The van der Waals surface area contributed by atoms with E-state index in [1.165, 1.54) is 12.1 Å². The van der Waals surface area contributed by atoms with Crippen molar-refractivity contribution in [1.29, 1.82) is 0 Å². The van der Waals surface area contributed by atoms with E-state index in [4.69, 9.17) is 16.6 Å². The Bertz CT molecular complexity index is 1210. The van der Waals surface area contributed by atoms with Crippen LogP contribution in [0.3, 0.4) is 0 Å². The summed E-state index contributed by atoms with van der Waals surface area (Å²) in [5, 5.41) is 0.639. The first-order valence-electron chi connectivity index (χ1n) is 11.5. The van der Waals surface area contributed by atoms with Crippen molar-refractivity contribution < 1.29 is 9.18 Å². The number of halogens is 2. The summed E-state index contributed by atoms with van der Waals surface area (Å²) >= 11 is 6.19. The second-order valence-electron chi connectivity index (χ2n) is 8.69. The molecule has 0 aromatic heterocycles. The lowest BCUT2D eigenvalue weighted by Gasteiger charge is -2.39. The van der Waals surface area contributed by atoms with Crippen molar-refractivity contribution in [3.05, 3.63) is 94.8 Å². The molecule has 1 unspecified atom stereocenters. The highest BCUT2D eigenvalue weighted by atomic mass is 35.5. The van der Waals surface area contributed by atoms with Gasteiger partial charge >= 0.3 is 0 Å². The maximum atomic E-state index is 13.6. The number of rotatable bonds is 4. The molecule has 5 rings (SSSR count). The van der Waals surface area contributed by atoms with Crippen LogP contribution in [-0.2, 0) is 11.2 Å². The molecule has 174 valence electrons. The van der Waals surface area contributed by atoms with Gasteiger partial charge in [-0.05, 0) is 60.5 Å². The van der Waals surface area contributed by atoms with Gasteiger partial charge < -0.3 is 9.80 Å². The van der Waals surface area contributed by atoms with Crippen LogP contribution in [0.1, 0.15) is 11.1 Å². The van der Waals surface area contributed by atoms with Gasteiger partial charge in [0.15, 0.2) is 0 Å². The second-order valence-corrected chi connectivity index (χ2v) is 9.13. The van der Waals surface area contributed by atoms with Gasteiger partial charge in [0.05, 0.1) is 5.69 Å². The molecule has 2 aliphatic heterocycles. The number of nitrogens with zero attached hydrogens (tertiary/aromatic N) is 4. The van der Waals surface area contributed by atoms with Gasteiger partial charge in [-0.2, -0.15) is 0 Å². The molecule has 34 heavy (non-hydrogen) atoms. The molecule has 2 heterocycles. The predicted octanol–water partition coefficient (Wildman–Crippen LogP) is 4.92. The SMILES string of the molecule is Cc1cc(Cl)ccc1N1C(=O)C(Cc2ccccc2)N=C1N1CCN(c2ccc(F)cc2)CC1. The van der Waals surface area contributed by atoms with Crippen molar-refractivity contribution in [2.75, 3.05) is 36.0 Å². The number of hydrogen-bond donors (Lipinski definition) is 0. The van der Waals surface area contributed by atoms with Gasteiger partial charge in [0.1, 0.15) is 11.9 Å². The zero-order chi connectivity index (χ0) is 23.7. The number of carbonyl (C=O) groups is 1. The van der Waals surface area contributed by atoms with E-state index in [9.17, 15) is 9.18 Å². The number of benzene rings is 3. The third-order valence-electron chi connectivity index (χ3n) is 6.40. The fourth-order valence-corrected chi connectivity index (χ4v) is 4.83. The monoisotopic (exact) mass is 476 g/mol. The van der Waals surface area contributed by atoms with Crippen LogP contribution in [0, 0.1) is 12.7 Å². The van der Waals surface area contributed by atoms with Crippen molar-refractivity contribution in [2.45, 2.75) is 19.4 Å². The highest BCUT2D eigenvalue weighted by Crippen LogP contribution is 2.30. The summed E-state index contributed by atoms with van der Waals surface area (Å²) in [4.78, 5) is 24.7. The Morgan fingerprint density at radius 2 is 1.62 bits per heavy atom. The van der Waals surface area contributed by atoms with Crippen molar-refractivity contribution in [3.8, 4) is 0 Å². The van der Waals surface area contributed by atoms with E-state index in [0.717, 1.165) is 35.6 Å². The second kappa shape index (κ2) is 9.47. The van der Waals surface area contributed by atoms with E-state index in [-0.39, 0.29) is 11.7 Å². The van der Waals surface area contributed by atoms with Crippen LogP contribution < -0.4 is 9.80 Å². The Morgan fingerprint density at radius 1 is 0.941 bits per heavy atom. The number of aryl methyl sites for hydroxylation is 1. The molecule has 0 spiro atoms. The van der Waals surface area contributed by atoms with Gasteiger partial charge in [0, 0.05) is 43.3 Å². The van der Waals surface area contributed by atoms with Crippen molar-refractivity contribution in [3.63, 3.8) is 0 Å². The molecule has 3 aromatic carbocycles. The first kappa shape index (κ1) is 22.4. The van der Waals surface area contributed by atoms with E-state index < -0.39 is 6.04 Å². The Morgan fingerprint density at radius 3 is 2.29 bits per heavy atom. The van der Waals surface area contributed by atoms with Crippen molar-refractivity contribution in [1.82, 2.24) is 4.90 Å². The summed E-state index contributed by atoms with van der Waals surface area (Å²) in [5.41, 5.74) is 3.82. The van der Waals surface area contributed by atoms with Crippen LogP contribution in [0.5, 0.6) is 0 Å². The summed E-state index contributed by atoms with van der Waals surface area (Å²) in [6.45, 7) is 4.91. The summed E-state index contributed by atoms with van der Waals surface area (Å²) in [7, 11) is 0. The molecule has 0 radical (unpaired) electrons. The molecular formula is C27H26ClFN4O. The van der Waals surface area contributed by atoms with E-state index in [2.05, 4.69) is 9.80 Å². The third-order valence-corrected chi connectivity index (χ3v) is 6.64. The summed E-state index contributed by atoms with van der Waals surface area (Å²) in [5.74, 6) is 0.431. The summed E-state index contributed by atoms with van der Waals surface area (Å²) in [6, 6.07) is 21.7. The highest BCUT2D eigenvalue weighted by Gasteiger charge is 2.39. The van der Waals surface area contributed by atoms with E-state index in [1.807, 2.05) is 55.5 Å². The Kier molecular flexibility index (Phi) is 6.24. The van der Waals surface area contributed by atoms with Gasteiger partial charge in [0.25, 0.3) is 5.91 Å². The average molecular weight is 477 g/mol. The van der Waals surface area contributed by atoms with E-state index in [1.54, 1.807) is 17.0 Å². The molecule has 1 fully saturated rings. The molecule has 0 bridgehead atoms. The summed E-state index contributed by atoms with van der Waals surface area (Å²) in [6.07, 6.45) is 0.557. The summed E-state index contributed by atoms with van der Waals surface area (Å²) < 4.78 is 13.3.